The van der Waals surface area contributed by atoms with Gasteiger partial charge in [-0.05, 0) is 42.5 Å². The van der Waals surface area contributed by atoms with Gasteiger partial charge in [0.05, 0.1) is 5.69 Å². The van der Waals surface area contributed by atoms with Crippen molar-refractivity contribution >= 4 is 16.5 Å². The maximum Gasteiger partial charge on any atom is 0.254 e. The molecular weight excluding hydrogens is 358 g/mol. The Morgan fingerprint density at radius 2 is 2.00 bits per heavy atom. The molecule has 2 aromatic heterocycles. The third-order valence-corrected chi connectivity index (χ3v) is 4.84. The van der Waals surface area contributed by atoms with Gasteiger partial charge in [0.2, 0.25) is 0 Å². The van der Waals surface area contributed by atoms with Crippen LogP contribution >= 0.6 is 0 Å². The molecular formula is C25H29N3O. The molecule has 0 aliphatic carbocycles. The number of rotatable bonds is 5. The summed E-state index contributed by atoms with van der Waals surface area (Å²) in [5.74, 6) is 0.735. The highest BCUT2D eigenvalue weighted by Crippen LogP contribution is 2.30. The Morgan fingerprint density at radius 3 is 2.66 bits per heavy atom. The second-order valence-corrected chi connectivity index (χ2v) is 8.61. The molecule has 150 valence electrons. The van der Waals surface area contributed by atoms with E-state index in [1.54, 1.807) is 16.7 Å². The van der Waals surface area contributed by atoms with Crippen LogP contribution in [0.4, 0.5) is 0 Å². The fourth-order valence-corrected chi connectivity index (χ4v) is 3.38. The van der Waals surface area contributed by atoms with Gasteiger partial charge in [0.15, 0.2) is 0 Å². The van der Waals surface area contributed by atoms with Gasteiger partial charge < -0.3 is 4.98 Å². The number of aromatic amines is 1. The number of hydrogen-bond acceptors (Lipinski definition) is 2. The van der Waals surface area contributed by atoms with Crippen molar-refractivity contribution in [1.82, 2.24) is 14.5 Å². The number of aromatic nitrogens is 3. The van der Waals surface area contributed by atoms with Crippen LogP contribution in [-0.2, 0) is 6.54 Å². The van der Waals surface area contributed by atoms with Crippen molar-refractivity contribution in [2.75, 3.05) is 0 Å². The summed E-state index contributed by atoms with van der Waals surface area (Å²) in [6.45, 7) is 14.7. The van der Waals surface area contributed by atoms with Gasteiger partial charge in [-0.3, -0.25) is 9.36 Å². The van der Waals surface area contributed by atoms with Gasteiger partial charge in [-0.2, -0.15) is 0 Å². The molecule has 3 rings (SSSR count). The summed E-state index contributed by atoms with van der Waals surface area (Å²) in [6.07, 6.45) is 9.63. The van der Waals surface area contributed by atoms with E-state index in [1.165, 1.54) is 0 Å². The lowest BCUT2D eigenvalue weighted by molar-refractivity contribution is 0.332. The fourth-order valence-electron chi connectivity index (χ4n) is 3.38. The Balaban J connectivity index is 2.07. The molecule has 29 heavy (non-hydrogen) atoms. The highest BCUT2D eigenvalue weighted by molar-refractivity contribution is 5.96. The van der Waals surface area contributed by atoms with Gasteiger partial charge >= 0.3 is 0 Å². The highest BCUT2D eigenvalue weighted by Gasteiger charge is 2.16. The van der Waals surface area contributed by atoms with Crippen LogP contribution in [0.25, 0.3) is 27.7 Å². The molecule has 0 bridgehead atoms. The van der Waals surface area contributed by atoms with E-state index in [-0.39, 0.29) is 11.0 Å². The van der Waals surface area contributed by atoms with Crippen LogP contribution in [0, 0.1) is 12.3 Å². The molecule has 0 saturated heterocycles. The number of H-pyrrole nitrogens is 1. The third-order valence-electron chi connectivity index (χ3n) is 4.84. The number of nitrogens with one attached hydrogen (secondary N) is 1. The summed E-state index contributed by atoms with van der Waals surface area (Å²) >= 11 is 0. The van der Waals surface area contributed by atoms with Crippen molar-refractivity contribution in [1.29, 1.82) is 0 Å². The number of fused-ring (bicyclic) bond motifs is 1. The van der Waals surface area contributed by atoms with Gasteiger partial charge in [-0.25, -0.2) is 4.98 Å². The molecule has 0 spiro atoms. The Bertz CT molecular complexity index is 1170. The smallest absolute Gasteiger partial charge is 0.254 e. The first-order valence-electron chi connectivity index (χ1n) is 9.86. The minimum atomic E-state index is -0.0152. The molecule has 0 aliphatic heterocycles. The van der Waals surface area contributed by atoms with Crippen LogP contribution in [0.2, 0.25) is 0 Å². The molecule has 4 heteroatoms. The maximum atomic E-state index is 12.8. The average molecular weight is 388 g/mol. The first kappa shape index (κ1) is 20.6. The van der Waals surface area contributed by atoms with Crippen LogP contribution < -0.4 is 5.56 Å². The molecule has 0 saturated carbocycles. The minimum Gasteiger partial charge on any atom is -0.360 e. The first-order valence-corrected chi connectivity index (χ1v) is 9.86. The molecule has 4 nitrogen and oxygen atoms in total. The van der Waals surface area contributed by atoms with Gasteiger partial charge in [0, 0.05) is 35.3 Å². The molecule has 0 unspecified atom stereocenters. The van der Waals surface area contributed by atoms with Crippen molar-refractivity contribution < 1.29 is 0 Å². The Hall–Kier alpha value is -3.14. The topological polar surface area (TPSA) is 50.7 Å². The van der Waals surface area contributed by atoms with Gasteiger partial charge in [0.1, 0.15) is 5.82 Å². The van der Waals surface area contributed by atoms with E-state index < -0.39 is 0 Å². The average Bonchev–Trinajstić information content (AvgIpc) is 3.07. The standard InChI is InChI=1S/C25H29N3O/c1-7-8-9-10-17(2)19-11-12-22-20(13-19)21(15-26-22)23-14-24(29)28(18(3)27-23)16-25(4,5)6/h7-15,26H,1,16H2,2-6H3/b9-8-,17-10+. The van der Waals surface area contributed by atoms with E-state index in [0.717, 1.165) is 33.4 Å². The molecule has 2 heterocycles. The minimum absolute atomic E-state index is 0.0113. The van der Waals surface area contributed by atoms with Crippen LogP contribution in [0.5, 0.6) is 0 Å². The zero-order chi connectivity index (χ0) is 21.2. The zero-order valence-corrected chi connectivity index (χ0v) is 17.9. The van der Waals surface area contributed by atoms with Crippen molar-refractivity contribution in [3.63, 3.8) is 0 Å². The second kappa shape index (κ2) is 8.08. The Kier molecular flexibility index (Phi) is 5.73. The molecule has 0 radical (unpaired) electrons. The Labute approximate surface area is 172 Å². The SMILES string of the molecule is C=C/C=C\C=C(/C)c1ccc2[nH]cc(-c3cc(=O)n(CC(C)(C)C)c(C)n3)c2c1. The molecule has 1 N–H and O–H groups in total. The van der Waals surface area contributed by atoms with E-state index in [2.05, 4.69) is 63.5 Å². The predicted octanol–water partition coefficient (Wildman–Crippen LogP) is 5.89. The highest BCUT2D eigenvalue weighted by atomic mass is 16.1. The monoisotopic (exact) mass is 387 g/mol. The first-order chi connectivity index (χ1) is 13.7. The quantitative estimate of drug-likeness (QED) is 0.555. The Morgan fingerprint density at radius 1 is 1.24 bits per heavy atom. The van der Waals surface area contributed by atoms with Crippen LogP contribution in [0.15, 0.2) is 66.1 Å². The fraction of sp³-hybridized carbons (Fsp3) is 0.280. The number of benzene rings is 1. The van der Waals surface area contributed by atoms with Gasteiger partial charge in [-0.15, -0.1) is 0 Å². The molecule has 0 fully saturated rings. The maximum absolute atomic E-state index is 12.8. The van der Waals surface area contributed by atoms with E-state index in [4.69, 9.17) is 4.98 Å². The number of nitrogens with zero attached hydrogens (tertiary/aromatic N) is 2. The largest absolute Gasteiger partial charge is 0.360 e. The van der Waals surface area contributed by atoms with E-state index >= 15 is 0 Å². The number of hydrogen-bond donors (Lipinski definition) is 1. The van der Waals surface area contributed by atoms with E-state index in [0.29, 0.717) is 12.2 Å². The van der Waals surface area contributed by atoms with E-state index in [9.17, 15) is 4.79 Å². The van der Waals surface area contributed by atoms with Crippen molar-refractivity contribution in [3.8, 4) is 11.3 Å². The van der Waals surface area contributed by atoms with Crippen molar-refractivity contribution in [2.24, 2.45) is 5.41 Å². The van der Waals surface area contributed by atoms with Crippen LogP contribution in [-0.4, -0.2) is 14.5 Å². The van der Waals surface area contributed by atoms with Gasteiger partial charge in [-0.1, -0.05) is 57.7 Å². The summed E-state index contributed by atoms with van der Waals surface area (Å²) in [5, 5.41) is 1.06. The van der Waals surface area contributed by atoms with E-state index in [1.807, 2.05) is 25.3 Å². The normalized spacial score (nSPS) is 12.8. The summed E-state index contributed by atoms with van der Waals surface area (Å²) in [7, 11) is 0. The second-order valence-electron chi connectivity index (χ2n) is 8.61. The van der Waals surface area contributed by atoms with Crippen LogP contribution in [0.3, 0.4) is 0 Å². The number of aryl methyl sites for hydroxylation is 1. The van der Waals surface area contributed by atoms with Crippen LogP contribution in [0.1, 0.15) is 39.1 Å². The molecule has 3 aromatic rings. The summed E-state index contributed by atoms with van der Waals surface area (Å²) in [6, 6.07) is 7.95. The van der Waals surface area contributed by atoms with Crippen molar-refractivity contribution in [2.45, 2.75) is 41.2 Å². The van der Waals surface area contributed by atoms with Gasteiger partial charge in [0.25, 0.3) is 5.56 Å². The summed E-state index contributed by atoms with van der Waals surface area (Å²) < 4.78 is 1.75. The summed E-state index contributed by atoms with van der Waals surface area (Å²) in [4.78, 5) is 20.8. The van der Waals surface area contributed by atoms with Crippen molar-refractivity contribution in [3.05, 3.63) is 83.1 Å². The predicted molar refractivity (Wildman–Crippen MR) is 123 cm³/mol. The molecule has 1 aromatic carbocycles. The lowest BCUT2D eigenvalue weighted by Crippen LogP contribution is -2.29. The molecule has 0 amide bonds. The lowest BCUT2D eigenvalue weighted by atomic mass is 9.97. The molecule has 0 aliphatic rings. The third kappa shape index (κ3) is 4.65. The zero-order valence-electron chi connectivity index (χ0n) is 17.9. The lowest BCUT2D eigenvalue weighted by Gasteiger charge is -2.21. The summed E-state index contributed by atoms with van der Waals surface area (Å²) in [5.41, 5.74) is 4.95. The number of allylic oxidation sites excluding steroid dienone is 5. The molecule has 0 atom stereocenters.